The van der Waals surface area contributed by atoms with Gasteiger partial charge < -0.3 is 10.8 Å². The largest absolute Gasteiger partial charge is 0.506 e. The van der Waals surface area contributed by atoms with E-state index >= 15 is 0 Å². The lowest BCUT2D eigenvalue weighted by atomic mass is 10.2. The number of carbonyl (C=O) groups is 1. The molecule has 0 aliphatic carbocycles. The van der Waals surface area contributed by atoms with Crippen LogP contribution in [0.3, 0.4) is 0 Å². The van der Waals surface area contributed by atoms with Crippen molar-refractivity contribution in [2.75, 3.05) is 5.73 Å². The van der Waals surface area contributed by atoms with Crippen molar-refractivity contribution in [2.45, 2.75) is 6.92 Å². The molecule has 0 bridgehead atoms. The molecule has 0 saturated heterocycles. The van der Waals surface area contributed by atoms with E-state index in [4.69, 9.17) is 5.73 Å². The van der Waals surface area contributed by atoms with Gasteiger partial charge in [-0.1, -0.05) is 5.21 Å². The zero-order chi connectivity index (χ0) is 18.8. The Balaban J connectivity index is 1.78. The number of hydrogen-bond acceptors (Lipinski definition) is 9. The van der Waals surface area contributed by atoms with E-state index < -0.39 is 5.91 Å². The fourth-order valence-electron chi connectivity index (χ4n) is 1.98. The van der Waals surface area contributed by atoms with Crippen LogP contribution in [-0.4, -0.2) is 42.5 Å². The van der Waals surface area contributed by atoms with Crippen LogP contribution in [0.2, 0.25) is 0 Å². The molecule has 0 radical (unpaired) electrons. The second kappa shape index (κ2) is 7.52. The molecule has 0 spiro atoms. The maximum atomic E-state index is 12.2. The zero-order valence-corrected chi connectivity index (χ0v) is 17.3. The number of phenolic OH excluding ortho intramolecular Hbond substituents is 1. The summed E-state index contributed by atoms with van der Waals surface area (Å²) < 4.78 is 7.35. The molecule has 0 aliphatic rings. The van der Waals surface area contributed by atoms with Crippen LogP contribution in [-0.2, 0) is 0 Å². The lowest BCUT2D eigenvalue weighted by Gasteiger charge is -2.03. The third-order valence-electron chi connectivity index (χ3n) is 3.23. The van der Waals surface area contributed by atoms with Gasteiger partial charge in [-0.25, -0.2) is 10.1 Å². The summed E-state index contributed by atoms with van der Waals surface area (Å²) in [5, 5.41) is 28.5. The fraction of sp³-hybridized carbons (Fsp3) is 0.0769. The van der Waals surface area contributed by atoms with Crippen molar-refractivity contribution in [1.82, 2.24) is 30.7 Å². The Kier molecular flexibility index (Phi) is 5.35. The Labute approximate surface area is 173 Å². The van der Waals surface area contributed by atoms with Crippen molar-refractivity contribution >= 4 is 63.1 Å². The molecule has 0 fully saturated rings. The minimum Gasteiger partial charge on any atom is -0.506 e. The number of nitrogens with zero attached hydrogens (tertiary/aromatic N) is 6. The van der Waals surface area contributed by atoms with Gasteiger partial charge in [-0.15, -0.1) is 5.10 Å². The van der Waals surface area contributed by atoms with Crippen LogP contribution in [0.15, 0.2) is 21.9 Å². The topological polar surface area (TPSA) is 157 Å². The molecule has 0 atom stereocenters. The van der Waals surface area contributed by atoms with Crippen molar-refractivity contribution in [2.24, 2.45) is 5.10 Å². The highest BCUT2D eigenvalue weighted by Gasteiger charge is 2.20. The number of anilines is 1. The number of aromatic nitrogens is 5. The molecule has 2 heterocycles. The van der Waals surface area contributed by atoms with Crippen LogP contribution in [0.1, 0.15) is 21.7 Å². The molecule has 11 nitrogen and oxygen atoms in total. The Morgan fingerprint density at radius 3 is 2.88 bits per heavy atom. The Bertz CT molecular complexity index is 1010. The molecule has 4 N–H and O–H groups in total. The fourth-order valence-corrected chi connectivity index (χ4v) is 3.87. The number of hydrogen-bond donors (Lipinski definition) is 3. The first-order chi connectivity index (χ1) is 12.4. The summed E-state index contributed by atoms with van der Waals surface area (Å²) in [4.78, 5) is 12.2. The lowest BCUT2D eigenvalue weighted by Crippen LogP contribution is -2.19. The van der Waals surface area contributed by atoms with E-state index in [1.165, 1.54) is 10.9 Å². The van der Waals surface area contributed by atoms with Gasteiger partial charge in [-0.2, -0.15) is 9.78 Å². The Hall–Kier alpha value is -2.30. The van der Waals surface area contributed by atoms with Gasteiger partial charge in [0.2, 0.25) is 11.6 Å². The molecule has 26 heavy (non-hydrogen) atoms. The standard InChI is InChI=1S/C13H10I2N8O3/c1-5-9(18-22-23(5)12-11(16)20-26-21-12)13(25)19-17-4-6-2-7(14)3-8(15)10(6)24/h2-4,24H,1H3,(H2,16,20)(H,19,25)/b17-4+. The van der Waals surface area contributed by atoms with Crippen LogP contribution in [0, 0.1) is 14.1 Å². The summed E-state index contributed by atoms with van der Waals surface area (Å²) in [6.45, 7) is 1.61. The monoisotopic (exact) mass is 580 g/mol. The van der Waals surface area contributed by atoms with Crippen LogP contribution in [0.5, 0.6) is 5.75 Å². The molecule has 2 aromatic heterocycles. The normalized spacial score (nSPS) is 11.2. The minimum atomic E-state index is -0.583. The van der Waals surface area contributed by atoms with Gasteiger partial charge in [0, 0.05) is 9.13 Å². The van der Waals surface area contributed by atoms with Crippen LogP contribution in [0.4, 0.5) is 5.82 Å². The molecule has 1 aromatic carbocycles. The van der Waals surface area contributed by atoms with Gasteiger partial charge in [-0.3, -0.25) is 4.79 Å². The molecular weight excluding hydrogens is 570 g/mol. The number of rotatable bonds is 4. The van der Waals surface area contributed by atoms with E-state index in [2.05, 4.69) is 58.4 Å². The van der Waals surface area contributed by atoms with Gasteiger partial charge in [0.15, 0.2) is 5.69 Å². The number of nitrogen functional groups attached to an aromatic ring is 1. The van der Waals surface area contributed by atoms with E-state index in [0.29, 0.717) is 14.8 Å². The summed E-state index contributed by atoms with van der Waals surface area (Å²) in [5.74, 6) is -0.345. The maximum absolute atomic E-state index is 12.2. The van der Waals surface area contributed by atoms with Gasteiger partial charge in [0.1, 0.15) is 5.75 Å². The Morgan fingerprint density at radius 1 is 1.42 bits per heavy atom. The summed E-state index contributed by atoms with van der Waals surface area (Å²) in [6, 6.07) is 3.55. The third kappa shape index (κ3) is 3.62. The highest BCUT2D eigenvalue weighted by Crippen LogP contribution is 2.25. The summed E-state index contributed by atoms with van der Waals surface area (Å²) in [6.07, 6.45) is 1.34. The predicted octanol–water partition coefficient (Wildman–Crippen LogP) is 1.22. The average Bonchev–Trinajstić information content (AvgIpc) is 3.17. The summed E-state index contributed by atoms with van der Waals surface area (Å²) in [5.41, 5.74) is 8.83. The third-order valence-corrected chi connectivity index (χ3v) is 4.68. The lowest BCUT2D eigenvalue weighted by molar-refractivity contribution is 0.0949. The second-order valence-electron chi connectivity index (χ2n) is 4.93. The number of nitrogens with two attached hydrogens (primary N) is 1. The second-order valence-corrected chi connectivity index (χ2v) is 7.34. The van der Waals surface area contributed by atoms with Gasteiger partial charge in [-0.05, 0) is 74.6 Å². The number of phenols is 1. The molecule has 134 valence electrons. The van der Waals surface area contributed by atoms with Crippen molar-refractivity contribution in [3.8, 4) is 11.6 Å². The van der Waals surface area contributed by atoms with Crippen LogP contribution in [0.25, 0.3) is 5.82 Å². The molecular formula is C13H10I2N8O3. The SMILES string of the molecule is Cc1c(C(=O)N/N=C/c2cc(I)cc(I)c2O)nnn1-c1nonc1N. The highest BCUT2D eigenvalue weighted by atomic mass is 127. The van der Waals surface area contributed by atoms with E-state index in [1.807, 2.05) is 28.7 Å². The molecule has 0 saturated carbocycles. The molecule has 0 aliphatic heterocycles. The number of halogens is 2. The average molecular weight is 580 g/mol. The van der Waals surface area contributed by atoms with Crippen molar-refractivity contribution < 1.29 is 14.5 Å². The van der Waals surface area contributed by atoms with Gasteiger partial charge in [0.25, 0.3) is 5.91 Å². The number of amides is 1. The van der Waals surface area contributed by atoms with E-state index in [1.54, 1.807) is 13.0 Å². The van der Waals surface area contributed by atoms with Crippen LogP contribution >= 0.6 is 45.2 Å². The van der Waals surface area contributed by atoms with E-state index in [0.717, 1.165) is 3.57 Å². The predicted molar refractivity (Wildman–Crippen MR) is 107 cm³/mol. The smallest absolute Gasteiger partial charge is 0.293 e. The molecule has 3 rings (SSSR count). The molecule has 1 amide bonds. The van der Waals surface area contributed by atoms with Crippen molar-refractivity contribution in [3.63, 3.8) is 0 Å². The number of nitrogens with one attached hydrogen (secondary N) is 1. The zero-order valence-electron chi connectivity index (χ0n) is 13.0. The number of carbonyl (C=O) groups excluding carboxylic acids is 1. The summed E-state index contributed by atoms with van der Waals surface area (Å²) in [7, 11) is 0. The van der Waals surface area contributed by atoms with Crippen molar-refractivity contribution in [1.29, 1.82) is 0 Å². The van der Waals surface area contributed by atoms with Crippen molar-refractivity contribution in [3.05, 3.63) is 36.2 Å². The molecule has 13 heteroatoms. The molecule has 0 unspecified atom stereocenters. The quantitative estimate of drug-likeness (QED) is 0.236. The van der Waals surface area contributed by atoms with Gasteiger partial charge in [0.05, 0.1) is 15.5 Å². The van der Waals surface area contributed by atoms with Crippen LogP contribution < -0.4 is 11.2 Å². The van der Waals surface area contributed by atoms with E-state index in [-0.39, 0.29) is 23.1 Å². The highest BCUT2D eigenvalue weighted by molar-refractivity contribution is 14.1. The minimum absolute atomic E-state index is 0.0201. The first-order valence-electron chi connectivity index (χ1n) is 6.90. The van der Waals surface area contributed by atoms with E-state index in [9.17, 15) is 9.90 Å². The summed E-state index contributed by atoms with van der Waals surface area (Å²) >= 11 is 4.13. The molecule has 3 aromatic rings. The van der Waals surface area contributed by atoms with Gasteiger partial charge >= 0.3 is 0 Å². The maximum Gasteiger partial charge on any atom is 0.293 e. The Morgan fingerprint density at radius 2 is 2.19 bits per heavy atom. The number of aromatic hydroxyl groups is 1. The number of hydrazone groups is 1. The number of benzene rings is 1. The first-order valence-corrected chi connectivity index (χ1v) is 9.06. The first kappa shape index (κ1) is 18.5.